The number of hydrogen-bond donors (Lipinski definition) is 0. The Kier molecular flexibility index (Phi) is 4.30. The number of nitrogens with zero attached hydrogens (tertiary/aromatic N) is 1. The van der Waals surface area contributed by atoms with E-state index >= 15 is 0 Å². The van der Waals surface area contributed by atoms with Gasteiger partial charge in [0.2, 0.25) is 0 Å². The highest BCUT2D eigenvalue weighted by Gasteiger charge is 2.29. The van der Waals surface area contributed by atoms with Crippen LogP contribution < -0.4 is 0 Å². The summed E-state index contributed by atoms with van der Waals surface area (Å²) in [6, 6.07) is 5.33. The van der Waals surface area contributed by atoms with Crippen molar-refractivity contribution in [3.05, 3.63) is 33.3 Å². The topological polar surface area (TPSA) is 29.5 Å². The maximum atomic E-state index is 12.5. The first-order valence-corrected chi connectivity index (χ1v) is 7.03. The summed E-state index contributed by atoms with van der Waals surface area (Å²) in [6.45, 7) is 5.14. The lowest BCUT2D eigenvalue weighted by molar-refractivity contribution is -0.0387. The third-order valence-electron chi connectivity index (χ3n) is 3.03. The Labute approximate surface area is 120 Å². The number of carbonyl (C=O) groups excluding carboxylic acids is 1. The van der Waals surface area contributed by atoms with Crippen molar-refractivity contribution in [2.45, 2.75) is 26.0 Å². The smallest absolute Gasteiger partial charge is 0.255 e. The van der Waals surface area contributed by atoms with Crippen LogP contribution in [0.3, 0.4) is 0 Å². The maximum Gasteiger partial charge on any atom is 0.255 e. The first kappa shape index (κ1) is 13.8. The number of carbonyl (C=O) groups is 1. The SMILES string of the molecule is CC1CN(C(=O)c2cc(Cl)ccc2Br)C(C)CO1. The van der Waals surface area contributed by atoms with E-state index in [4.69, 9.17) is 16.3 Å². The Morgan fingerprint density at radius 3 is 2.94 bits per heavy atom. The highest BCUT2D eigenvalue weighted by atomic mass is 79.9. The maximum absolute atomic E-state index is 12.5. The van der Waals surface area contributed by atoms with E-state index < -0.39 is 0 Å². The number of benzene rings is 1. The van der Waals surface area contributed by atoms with E-state index in [-0.39, 0.29) is 18.1 Å². The van der Waals surface area contributed by atoms with Crippen LogP contribution in [0.25, 0.3) is 0 Å². The summed E-state index contributed by atoms with van der Waals surface area (Å²) in [7, 11) is 0. The molecule has 1 aliphatic rings. The molecule has 1 amide bonds. The van der Waals surface area contributed by atoms with Crippen LogP contribution in [0.1, 0.15) is 24.2 Å². The highest BCUT2D eigenvalue weighted by molar-refractivity contribution is 9.10. The average molecular weight is 333 g/mol. The second-order valence-corrected chi connectivity index (χ2v) is 5.87. The Hall–Kier alpha value is -0.580. The van der Waals surface area contributed by atoms with Crippen LogP contribution in [-0.2, 0) is 4.74 Å². The molecule has 2 atom stereocenters. The Morgan fingerprint density at radius 1 is 1.50 bits per heavy atom. The Balaban J connectivity index is 2.27. The van der Waals surface area contributed by atoms with Gasteiger partial charge in [0, 0.05) is 16.0 Å². The molecule has 2 unspecified atom stereocenters. The molecule has 5 heteroatoms. The van der Waals surface area contributed by atoms with Gasteiger partial charge in [0.05, 0.1) is 24.3 Å². The minimum absolute atomic E-state index is 0.00738. The van der Waals surface area contributed by atoms with E-state index in [9.17, 15) is 4.79 Å². The highest BCUT2D eigenvalue weighted by Crippen LogP contribution is 2.24. The molecule has 0 aliphatic carbocycles. The van der Waals surface area contributed by atoms with Crippen LogP contribution in [0.15, 0.2) is 22.7 Å². The average Bonchev–Trinajstić information content (AvgIpc) is 2.34. The first-order valence-electron chi connectivity index (χ1n) is 5.86. The van der Waals surface area contributed by atoms with Gasteiger partial charge in [0.15, 0.2) is 0 Å². The van der Waals surface area contributed by atoms with Crippen LogP contribution in [0.2, 0.25) is 5.02 Å². The second kappa shape index (κ2) is 5.59. The predicted molar refractivity (Wildman–Crippen MR) is 75.1 cm³/mol. The third-order valence-corrected chi connectivity index (χ3v) is 3.95. The summed E-state index contributed by atoms with van der Waals surface area (Å²) in [5, 5.41) is 0.565. The van der Waals surface area contributed by atoms with Gasteiger partial charge < -0.3 is 9.64 Å². The first-order chi connectivity index (χ1) is 8.49. The molecule has 0 aromatic heterocycles. The van der Waals surface area contributed by atoms with E-state index in [0.29, 0.717) is 23.7 Å². The molecule has 0 bridgehead atoms. The summed E-state index contributed by atoms with van der Waals surface area (Å²) in [5.74, 6) is -0.00738. The fourth-order valence-electron chi connectivity index (χ4n) is 2.00. The lowest BCUT2D eigenvalue weighted by Gasteiger charge is -2.37. The number of hydrogen-bond acceptors (Lipinski definition) is 2. The molecule has 0 spiro atoms. The van der Waals surface area contributed by atoms with Crippen molar-refractivity contribution in [1.82, 2.24) is 4.90 Å². The monoisotopic (exact) mass is 331 g/mol. The molecule has 1 heterocycles. The minimum Gasteiger partial charge on any atom is -0.375 e. The molecule has 0 N–H and O–H groups in total. The second-order valence-electron chi connectivity index (χ2n) is 4.57. The number of amides is 1. The van der Waals surface area contributed by atoms with Crippen molar-refractivity contribution < 1.29 is 9.53 Å². The molecule has 1 aromatic carbocycles. The largest absolute Gasteiger partial charge is 0.375 e. The summed E-state index contributed by atoms with van der Waals surface area (Å²) in [6.07, 6.45) is 0.0723. The molecule has 0 saturated carbocycles. The van der Waals surface area contributed by atoms with E-state index in [0.717, 1.165) is 4.47 Å². The standard InChI is InChI=1S/C13H15BrClNO2/c1-8-7-18-9(2)6-16(8)13(17)11-5-10(15)3-4-12(11)14/h3-5,8-9H,6-7H2,1-2H3. The molecular weight excluding hydrogens is 318 g/mol. The van der Waals surface area contributed by atoms with Crippen LogP contribution >= 0.6 is 27.5 Å². The fraction of sp³-hybridized carbons (Fsp3) is 0.462. The zero-order chi connectivity index (χ0) is 13.3. The molecule has 1 fully saturated rings. The quantitative estimate of drug-likeness (QED) is 0.789. The van der Waals surface area contributed by atoms with E-state index in [1.165, 1.54) is 0 Å². The molecule has 1 saturated heterocycles. The summed E-state index contributed by atoms with van der Waals surface area (Å²) in [4.78, 5) is 14.3. The van der Waals surface area contributed by atoms with Crippen molar-refractivity contribution in [1.29, 1.82) is 0 Å². The van der Waals surface area contributed by atoms with Crippen LogP contribution in [0.4, 0.5) is 0 Å². The fourth-order valence-corrected chi connectivity index (χ4v) is 2.59. The van der Waals surface area contributed by atoms with Gasteiger partial charge in [-0.05, 0) is 48.0 Å². The molecule has 2 rings (SSSR count). The van der Waals surface area contributed by atoms with Crippen molar-refractivity contribution in [3.63, 3.8) is 0 Å². The molecule has 3 nitrogen and oxygen atoms in total. The molecule has 18 heavy (non-hydrogen) atoms. The van der Waals surface area contributed by atoms with Gasteiger partial charge in [0.25, 0.3) is 5.91 Å². The summed E-state index contributed by atoms with van der Waals surface area (Å²) < 4.78 is 6.30. The lowest BCUT2D eigenvalue weighted by atomic mass is 10.1. The number of morpholine rings is 1. The van der Waals surface area contributed by atoms with E-state index in [2.05, 4.69) is 15.9 Å². The number of rotatable bonds is 1. The van der Waals surface area contributed by atoms with E-state index in [1.807, 2.05) is 18.7 Å². The Bertz CT molecular complexity index is 466. The van der Waals surface area contributed by atoms with Gasteiger partial charge >= 0.3 is 0 Å². The van der Waals surface area contributed by atoms with Crippen molar-refractivity contribution in [2.75, 3.05) is 13.2 Å². The zero-order valence-corrected chi connectivity index (χ0v) is 12.7. The zero-order valence-electron chi connectivity index (χ0n) is 10.3. The normalized spacial score (nSPS) is 24.1. The number of halogens is 2. The molecule has 98 valence electrons. The molecule has 1 aliphatic heterocycles. The van der Waals surface area contributed by atoms with Gasteiger partial charge in [-0.1, -0.05) is 11.6 Å². The van der Waals surface area contributed by atoms with Crippen LogP contribution in [0.5, 0.6) is 0 Å². The third kappa shape index (κ3) is 2.87. The number of ether oxygens (including phenoxy) is 1. The van der Waals surface area contributed by atoms with Crippen molar-refractivity contribution in [2.24, 2.45) is 0 Å². The van der Waals surface area contributed by atoms with Crippen LogP contribution in [0, 0.1) is 0 Å². The molecule has 0 radical (unpaired) electrons. The van der Waals surface area contributed by atoms with Gasteiger partial charge in [0.1, 0.15) is 0 Å². The van der Waals surface area contributed by atoms with Crippen molar-refractivity contribution >= 4 is 33.4 Å². The van der Waals surface area contributed by atoms with Crippen LogP contribution in [-0.4, -0.2) is 36.1 Å². The minimum atomic E-state index is -0.00738. The Morgan fingerprint density at radius 2 is 2.22 bits per heavy atom. The summed E-state index contributed by atoms with van der Waals surface area (Å²) in [5.41, 5.74) is 0.600. The van der Waals surface area contributed by atoms with E-state index in [1.54, 1.807) is 18.2 Å². The van der Waals surface area contributed by atoms with Gasteiger partial charge in [-0.25, -0.2) is 0 Å². The molecular formula is C13H15BrClNO2. The van der Waals surface area contributed by atoms with Gasteiger partial charge in [-0.3, -0.25) is 4.79 Å². The predicted octanol–water partition coefficient (Wildman–Crippen LogP) is 3.35. The van der Waals surface area contributed by atoms with Crippen molar-refractivity contribution in [3.8, 4) is 0 Å². The lowest BCUT2D eigenvalue weighted by Crippen LogP contribution is -2.50. The van der Waals surface area contributed by atoms with Gasteiger partial charge in [-0.2, -0.15) is 0 Å². The molecule has 1 aromatic rings. The summed E-state index contributed by atoms with van der Waals surface area (Å²) >= 11 is 9.34. The van der Waals surface area contributed by atoms with Gasteiger partial charge in [-0.15, -0.1) is 0 Å².